The molecule has 0 aliphatic carbocycles. The van der Waals surface area contributed by atoms with Crippen LogP contribution in [0.25, 0.3) is 0 Å². The van der Waals surface area contributed by atoms with E-state index in [9.17, 15) is 14.4 Å². The van der Waals surface area contributed by atoms with Crippen LogP contribution in [0.4, 0.5) is 0 Å². The van der Waals surface area contributed by atoms with Gasteiger partial charge in [-0.05, 0) is 96.3 Å². The largest absolute Gasteiger partial charge is 0.462 e. The third kappa shape index (κ3) is 47.6. The van der Waals surface area contributed by atoms with E-state index in [0.29, 0.717) is 19.3 Å². The average molecular weight is 863 g/mol. The van der Waals surface area contributed by atoms with Crippen LogP contribution in [0.1, 0.15) is 233 Å². The molecular formula is C56H94O6. The lowest BCUT2D eigenvalue weighted by Gasteiger charge is -2.18. The third-order valence-electron chi connectivity index (χ3n) is 10.6. The lowest BCUT2D eigenvalue weighted by Crippen LogP contribution is -2.30. The van der Waals surface area contributed by atoms with Gasteiger partial charge >= 0.3 is 17.9 Å². The van der Waals surface area contributed by atoms with E-state index < -0.39 is 6.10 Å². The predicted molar refractivity (Wildman–Crippen MR) is 265 cm³/mol. The predicted octanol–water partition coefficient (Wildman–Crippen LogP) is 16.8. The van der Waals surface area contributed by atoms with Crippen molar-refractivity contribution in [3.63, 3.8) is 0 Å². The van der Waals surface area contributed by atoms with Gasteiger partial charge < -0.3 is 14.2 Å². The monoisotopic (exact) mass is 863 g/mol. The molecule has 0 rings (SSSR count). The van der Waals surface area contributed by atoms with E-state index in [1.807, 2.05) is 0 Å². The van der Waals surface area contributed by atoms with E-state index in [0.717, 1.165) is 128 Å². The molecule has 0 aromatic heterocycles. The van der Waals surface area contributed by atoms with Crippen molar-refractivity contribution in [3.8, 4) is 0 Å². The first-order valence-corrected chi connectivity index (χ1v) is 25.6. The molecule has 62 heavy (non-hydrogen) atoms. The maximum absolute atomic E-state index is 12.7. The van der Waals surface area contributed by atoms with Gasteiger partial charge in [-0.1, -0.05) is 202 Å². The van der Waals surface area contributed by atoms with Gasteiger partial charge in [0.15, 0.2) is 6.10 Å². The zero-order chi connectivity index (χ0) is 45.1. The van der Waals surface area contributed by atoms with Crippen molar-refractivity contribution in [1.82, 2.24) is 0 Å². The van der Waals surface area contributed by atoms with Crippen LogP contribution in [-0.2, 0) is 28.6 Å². The molecule has 0 bridgehead atoms. The molecule has 0 fully saturated rings. The molecule has 0 amide bonds. The Bertz CT molecular complexity index is 1220. The molecule has 0 aliphatic rings. The molecule has 0 saturated carbocycles. The quantitative estimate of drug-likeness (QED) is 0.0263. The van der Waals surface area contributed by atoms with Crippen molar-refractivity contribution in [1.29, 1.82) is 0 Å². The summed E-state index contributed by atoms with van der Waals surface area (Å²) < 4.78 is 16.6. The minimum absolute atomic E-state index is 0.0876. The van der Waals surface area contributed by atoms with Crippen LogP contribution in [-0.4, -0.2) is 37.2 Å². The fraction of sp³-hybridized carbons (Fsp3) is 0.696. The summed E-state index contributed by atoms with van der Waals surface area (Å²) >= 11 is 0. The first-order chi connectivity index (χ1) is 30.5. The number of allylic oxidation sites excluding steroid dienone is 14. The van der Waals surface area contributed by atoms with Gasteiger partial charge in [0.25, 0.3) is 0 Å². The highest BCUT2D eigenvalue weighted by Gasteiger charge is 2.19. The molecule has 1 atom stereocenters. The molecule has 0 spiro atoms. The minimum Gasteiger partial charge on any atom is -0.462 e. The van der Waals surface area contributed by atoms with Crippen LogP contribution in [0.15, 0.2) is 85.1 Å². The Hall–Kier alpha value is -3.41. The SMILES string of the molecule is CC/C=C\C/C=C\C/C=C\C/C=C\C/C=C\CCCCCCCC(=O)OCC(COC(=O)CCCCCCC)OC(=O)CCCCCCCCC/C=C\C/C=C\CCCCCC. The molecule has 0 radical (unpaired) electrons. The van der Waals surface area contributed by atoms with E-state index in [-0.39, 0.29) is 31.1 Å². The van der Waals surface area contributed by atoms with Crippen molar-refractivity contribution in [2.24, 2.45) is 0 Å². The fourth-order valence-electron chi connectivity index (χ4n) is 6.79. The van der Waals surface area contributed by atoms with Gasteiger partial charge in [-0.2, -0.15) is 0 Å². The minimum atomic E-state index is -0.785. The number of ether oxygens (including phenoxy) is 3. The zero-order valence-corrected chi connectivity index (χ0v) is 40.4. The number of unbranched alkanes of at least 4 members (excludes halogenated alkanes) is 20. The number of hydrogen-bond donors (Lipinski definition) is 0. The Morgan fingerprint density at radius 1 is 0.339 bits per heavy atom. The lowest BCUT2D eigenvalue weighted by molar-refractivity contribution is -0.167. The van der Waals surface area contributed by atoms with Gasteiger partial charge in [-0.3, -0.25) is 14.4 Å². The van der Waals surface area contributed by atoms with Gasteiger partial charge in [-0.25, -0.2) is 0 Å². The van der Waals surface area contributed by atoms with Crippen molar-refractivity contribution in [2.45, 2.75) is 239 Å². The molecule has 354 valence electrons. The van der Waals surface area contributed by atoms with Crippen LogP contribution in [0.5, 0.6) is 0 Å². The summed E-state index contributed by atoms with van der Waals surface area (Å²) in [4.78, 5) is 37.7. The standard InChI is InChI=1S/C56H94O6/c1-4-7-10-13-15-17-19-21-23-25-27-28-29-31-32-34-36-38-40-43-46-49-55(58)61-52-53(51-60-54(57)48-45-42-12-9-6-3)62-56(59)50-47-44-41-39-37-35-33-30-26-24-22-20-18-16-14-11-8-5-2/h7,10,15,17-18,20-21,23-24,26-28,31-32,53H,4-6,8-9,11-14,16,19,22,25,29-30,33-52H2,1-3H3/b10-7-,17-15-,20-18-,23-21-,26-24-,28-27-,32-31-. The fourth-order valence-corrected chi connectivity index (χ4v) is 6.79. The van der Waals surface area contributed by atoms with Crippen molar-refractivity contribution in [2.75, 3.05) is 13.2 Å². The van der Waals surface area contributed by atoms with Crippen LogP contribution in [0.3, 0.4) is 0 Å². The zero-order valence-electron chi connectivity index (χ0n) is 40.4. The number of hydrogen-bond acceptors (Lipinski definition) is 6. The Balaban J connectivity index is 4.23. The summed E-state index contributed by atoms with van der Waals surface area (Å²) in [5, 5.41) is 0. The Morgan fingerprint density at radius 2 is 0.629 bits per heavy atom. The second-order valence-corrected chi connectivity index (χ2v) is 16.7. The number of esters is 3. The van der Waals surface area contributed by atoms with E-state index >= 15 is 0 Å². The highest BCUT2D eigenvalue weighted by Crippen LogP contribution is 2.13. The van der Waals surface area contributed by atoms with Crippen molar-refractivity contribution < 1.29 is 28.6 Å². The smallest absolute Gasteiger partial charge is 0.306 e. The summed E-state index contributed by atoms with van der Waals surface area (Å²) in [5.41, 5.74) is 0. The Labute approximate surface area is 382 Å². The average Bonchev–Trinajstić information content (AvgIpc) is 3.27. The van der Waals surface area contributed by atoms with E-state index in [1.165, 1.54) is 64.2 Å². The maximum Gasteiger partial charge on any atom is 0.306 e. The Kier molecular flexibility index (Phi) is 47.5. The van der Waals surface area contributed by atoms with Crippen LogP contribution >= 0.6 is 0 Å². The molecule has 0 aliphatic heterocycles. The van der Waals surface area contributed by atoms with Gasteiger partial charge in [0, 0.05) is 19.3 Å². The molecule has 0 saturated heterocycles. The molecular weight excluding hydrogens is 769 g/mol. The molecule has 1 unspecified atom stereocenters. The summed E-state index contributed by atoms with van der Waals surface area (Å²) in [5.74, 6) is -0.931. The van der Waals surface area contributed by atoms with Crippen LogP contribution in [0, 0.1) is 0 Å². The summed E-state index contributed by atoms with van der Waals surface area (Å²) in [6, 6.07) is 0. The number of carbonyl (C=O) groups is 3. The topological polar surface area (TPSA) is 78.9 Å². The summed E-state index contributed by atoms with van der Waals surface area (Å²) in [6.07, 6.45) is 64.6. The number of carbonyl (C=O) groups excluding carboxylic acids is 3. The number of rotatable bonds is 45. The Morgan fingerprint density at radius 3 is 1.00 bits per heavy atom. The van der Waals surface area contributed by atoms with E-state index in [1.54, 1.807) is 0 Å². The molecule has 0 aromatic rings. The highest BCUT2D eigenvalue weighted by atomic mass is 16.6. The van der Waals surface area contributed by atoms with Crippen LogP contribution in [0.2, 0.25) is 0 Å². The third-order valence-corrected chi connectivity index (χ3v) is 10.6. The molecule has 6 heteroatoms. The molecule has 0 N–H and O–H groups in total. The van der Waals surface area contributed by atoms with Crippen LogP contribution < -0.4 is 0 Å². The highest BCUT2D eigenvalue weighted by molar-refractivity contribution is 5.71. The van der Waals surface area contributed by atoms with Crippen molar-refractivity contribution in [3.05, 3.63) is 85.1 Å². The van der Waals surface area contributed by atoms with E-state index in [4.69, 9.17) is 14.2 Å². The second-order valence-electron chi connectivity index (χ2n) is 16.7. The van der Waals surface area contributed by atoms with Gasteiger partial charge in [0.1, 0.15) is 13.2 Å². The molecule has 6 nitrogen and oxygen atoms in total. The van der Waals surface area contributed by atoms with Gasteiger partial charge in [0.05, 0.1) is 0 Å². The summed E-state index contributed by atoms with van der Waals surface area (Å²) in [6.45, 7) is 6.39. The van der Waals surface area contributed by atoms with Crippen molar-refractivity contribution >= 4 is 17.9 Å². The molecule has 0 heterocycles. The maximum atomic E-state index is 12.7. The molecule has 0 aromatic carbocycles. The first kappa shape index (κ1) is 58.6. The normalized spacial score (nSPS) is 12.8. The van der Waals surface area contributed by atoms with E-state index in [2.05, 4.69) is 106 Å². The lowest BCUT2D eigenvalue weighted by atomic mass is 10.1. The van der Waals surface area contributed by atoms with Gasteiger partial charge in [0.2, 0.25) is 0 Å². The second kappa shape index (κ2) is 50.2. The summed E-state index contributed by atoms with van der Waals surface area (Å²) in [7, 11) is 0. The van der Waals surface area contributed by atoms with Gasteiger partial charge in [-0.15, -0.1) is 0 Å². The first-order valence-electron chi connectivity index (χ1n) is 25.6.